The zero-order valence-corrected chi connectivity index (χ0v) is 12.5. The molecular formula is C10H24O4Si. The standard InChI is InChI=1S/C10H24O4Si/c1-5-9(11-6-2)10(14-15,12-7-3)13-8-4/h9H,5-8H2,1-4,15H3. The van der Waals surface area contributed by atoms with Crippen LogP contribution >= 0.6 is 0 Å². The summed E-state index contributed by atoms with van der Waals surface area (Å²) < 4.78 is 22.3. The maximum atomic E-state index is 5.60. The van der Waals surface area contributed by atoms with Crippen LogP contribution in [0.25, 0.3) is 0 Å². The second-order valence-corrected chi connectivity index (χ2v) is 3.43. The van der Waals surface area contributed by atoms with Crippen molar-refractivity contribution in [2.75, 3.05) is 19.8 Å². The molecule has 5 heteroatoms. The van der Waals surface area contributed by atoms with E-state index in [-0.39, 0.29) is 6.10 Å². The Labute approximate surface area is 95.8 Å². The van der Waals surface area contributed by atoms with Gasteiger partial charge in [0.2, 0.25) is 0 Å². The van der Waals surface area contributed by atoms with Gasteiger partial charge in [-0.05, 0) is 27.2 Å². The van der Waals surface area contributed by atoms with Crippen molar-refractivity contribution in [2.24, 2.45) is 0 Å². The summed E-state index contributed by atoms with van der Waals surface area (Å²) in [5.74, 6) is -1.000. The Hall–Kier alpha value is 0.0569. The lowest BCUT2D eigenvalue weighted by atomic mass is 10.2. The first-order chi connectivity index (χ1) is 7.20. The van der Waals surface area contributed by atoms with Crippen LogP contribution in [0, 0.1) is 0 Å². The van der Waals surface area contributed by atoms with Crippen LogP contribution < -0.4 is 0 Å². The highest BCUT2D eigenvalue weighted by molar-refractivity contribution is 5.98. The second-order valence-electron chi connectivity index (χ2n) is 3.03. The summed E-state index contributed by atoms with van der Waals surface area (Å²) in [5, 5.41) is 0. The molecule has 92 valence electrons. The van der Waals surface area contributed by atoms with Gasteiger partial charge in [0.15, 0.2) is 10.5 Å². The lowest BCUT2D eigenvalue weighted by Crippen LogP contribution is -2.50. The summed E-state index contributed by atoms with van der Waals surface area (Å²) in [6, 6.07) is 0. The summed E-state index contributed by atoms with van der Waals surface area (Å²) in [6.45, 7) is 9.56. The zero-order valence-electron chi connectivity index (χ0n) is 10.5. The van der Waals surface area contributed by atoms with Gasteiger partial charge >= 0.3 is 5.97 Å². The molecule has 0 spiro atoms. The van der Waals surface area contributed by atoms with Crippen LogP contribution in [0.2, 0.25) is 0 Å². The highest BCUT2D eigenvalue weighted by Gasteiger charge is 2.40. The lowest BCUT2D eigenvalue weighted by Gasteiger charge is -2.37. The normalized spacial score (nSPS) is 14.4. The summed E-state index contributed by atoms with van der Waals surface area (Å²) in [6.07, 6.45) is 0.635. The molecule has 0 heterocycles. The van der Waals surface area contributed by atoms with Gasteiger partial charge in [0, 0.05) is 19.8 Å². The molecule has 0 bridgehead atoms. The average Bonchev–Trinajstić information content (AvgIpc) is 2.25. The fraction of sp³-hybridized carbons (Fsp3) is 1.00. The predicted octanol–water partition coefficient (Wildman–Crippen LogP) is 0.825. The molecule has 15 heavy (non-hydrogen) atoms. The molecule has 1 atom stereocenters. The Morgan fingerprint density at radius 1 is 1.00 bits per heavy atom. The van der Waals surface area contributed by atoms with Gasteiger partial charge in [-0.25, -0.2) is 0 Å². The number of ether oxygens (including phenoxy) is 3. The monoisotopic (exact) mass is 236 g/mol. The third-order valence-corrected chi connectivity index (χ3v) is 2.68. The van der Waals surface area contributed by atoms with E-state index in [1.807, 2.05) is 27.7 Å². The van der Waals surface area contributed by atoms with Crippen LogP contribution in [0.4, 0.5) is 0 Å². The van der Waals surface area contributed by atoms with Crippen LogP contribution in [-0.4, -0.2) is 42.4 Å². The first kappa shape index (κ1) is 15.1. The Bertz CT molecular complexity index is 148. The minimum Gasteiger partial charge on any atom is -0.378 e. The molecule has 0 rings (SSSR count). The molecule has 0 fully saturated rings. The molecule has 0 aromatic rings. The van der Waals surface area contributed by atoms with Crippen LogP contribution in [0.1, 0.15) is 34.1 Å². The minimum absolute atomic E-state index is 0.167. The third-order valence-electron chi connectivity index (χ3n) is 2.11. The van der Waals surface area contributed by atoms with Crippen molar-refractivity contribution in [3.05, 3.63) is 0 Å². The highest BCUT2D eigenvalue weighted by Crippen LogP contribution is 2.24. The van der Waals surface area contributed by atoms with E-state index in [2.05, 4.69) is 0 Å². The molecule has 0 saturated heterocycles. The largest absolute Gasteiger partial charge is 0.378 e. The van der Waals surface area contributed by atoms with Crippen molar-refractivity contribution < 1.29 is 18.6 Å². The molecule has 0 aliphatic rings. The van der Waals surface area contributed by atoms with E-state index in [0.717, 1.165) is 6.42 Å². The van der Waals surface area contributed by atoms with Gasteiger partial charge in [0.1, 0.15) is 6.10 Å². The van der Waals surface area contributed by atoms with Crippen molar-refractivity contribution in [1.29, 1.82) is 0 Å². The fourth-order valence-electron chi connectivity index (χ4n) is 1.55. The van der Waals surface area contributed by atoms with Crippen LogP contribution in [-0.2, 0) is 18.6 Å². The maximum absolute atomic E-state index is 5.60. The lowest BCUT2D eigenvalue weighted by molar-refractivity contribution is -0.383. The fourth-order valence-corrected chi connectivity index (χ4v) is 2.05. The maximum Gasteiger partial charge on any atom is 0.300 e. The van der Waals surface area contributed by atoms with Crippen molar-refractivity contribution in [1.82, 2.24) is 0 Å². The van der Waals surface area contributed by atoms with Crippen molar-refractivity contribution in [3.63, 3.8) is 0 Å². The van der Waals surface area contributed by atoms with Crippen LogP contribution in [0.5, 0.6) is 0 Å². The summed E-state index contributed by atoms with van der Waals surface area (Å²) in [4.78, 5) is 0. The highest BCUT2D eigenvalue weighted by atomic mass is 28.2. The smallest absolute Gasteiger partial charge is 0.300 e. The van der Waals surface area contributed by atoms with Gasteiger partial charge in [-0.15, -0.1) is 0 Å². The molecule has 0 radical (unpaired) electrons. The first-order valence-corrected chi connectivity index (χ1v) is 6.46. The van der Waals surface area contributed by atoms with Gasteiger partial charge in [-0.3, -0.25) is 0 Å². The van der Waals surface area contributed by atoms with E-state index in [9.17, 15) is 0 Å². The van der Waals surface area contributed by atoms with Gasteiger partial charge in [-0.1, -0.05) is 6.92 Å². The molecule has 0 N–H and O–H groups in total. The molecule has 4 nitrogen and oxygen atoms in total. The van der Waals surface area contributed by atoms with E-state index in [1.54, 1.807) is 0 Å². The predicted molar refractivity (Wildman–Crippen MR) is 62.7 cm³/mol. The molecular weight excluding hydrogens is 212 g/mol. The Morgan fingerprint density at radius 3 is 1.80 bits per heavy atom. The Balaban J connectivity index is 4.65. The summed E-state index contributed by atoms with van der Waals surface area (Å²) >= 11 is 0. The van der Waals surface area contributed by atoms with Gasteiger partial charge in [-0.2, -0.15) is 0 Å². The van der Waals surface area contributed by atoms with E-state index < -0.39 is 5.97 Å². The van der Waals surface area contributed by atoms with E-state index in [4.69, 9.17) is 18.6 Å². The summed E-state index contributed by atoms with van der Waals surface area (Å²) in [7, 11) is 0.554. The first-order valence-electron chi connectivity index (χ1n) is 5.65. The second kappa shape index (κ2) is 8.24. The zero-order chi connectivity index (χ0) is 11.7. The molecule has 0 aromatic carbocycles. The number of hydrogen-bond acceptors (Lipinski definition) is 4. The van der Waals surface area contributed by atoms with Crippen molar-refractivity contribution in [3.8, 4) is 0 Å². The van der Waals surface area contributed by atoms with Crippen molar-refractivity contribution in [2.45, 2.75) is 46.2 Å². The number of rotatable bonds is 9. The topological polar surface area (TPSA) is 36.9 Å². The van der Waals surface area contributed by atoms with Gasteiger partial charge in [0.25, 0.3) is 0 Å². The van der Waals surface area contributed by atoms with Crippen LogP contribution in [0.3, 0.4) is 0 Å². The minimum atomic E-state index is -1.000. The molecule has 0 aromatic heterocycles. The SMILES string of the molecule is CCOC(CC)C(O[SiH3])(OCC)OCC. The van der Waals surface area contributed by atoms with E-state index >= 15 is 0 Å². The Kier molecular flexibility index (Phi) is 8.27. The molecule has 0 aliphatic heterocycles. The average molecular weight is 236 g/mol. The third kappa shape index (κ3) is 4.20. The molecule has 0 amide bonds. The molecule has 1 unspecified atom stereocenters. The van der Waals surface area contributed by atoms with Crippen LogP contribution in [0.15, 0.2) is 0 Å². The number of hydrogen-bond donors (Lipinski definition) is 0. The summed E-state index contributed by atoms with van der Waals surface area (Å²) in [5.41, 5.74) is 0. The Morgan fingerprint density at radius 2 is 1.53 bits per heavy atom. The van der Waals surface area contributed by atoms with Gasteiger partial charge in [0.05, 0.1) is 0 Å². The van der Waals surface area contributed by atoms with Gasteiger partial charge < -0.3 is 18.6 Å². The quantitative estimate of drug-likeness (QED) is 0.439. The van der Waals surface area contributed by atoms with Crippen molar-refractivity contribution >= 4 is 10.5 Å². The molecule has 0 aliphatic carbocycles. The van der Waals surface area contributed by atoms with E-state index in [0.29, 0.717) is 30.3 Å². The van der Waals surface area contributed by atoms with E-state index in [1.165, 1.54) is 0 Å². The molecule has 0 saturated carbocycles.